The normalized spacial score (nSPS) is 9.47. The highest BCUT2D eigenvalue weighted by Crippen LogP contribution is 2.25. The first-order chi connectivity index (χ1) is 8.15. The summed E-state index contributed by atoms with van der Waals surface area (Å²) in [6.45, 7) is 0.280. The third kappa shape index (κ3) is 4.02. The Hall–Kier alpha value is -2.24. The molecule has 0 atom stereocenters. The molecule has 1 aromatic rings. The summed E-state index contributed by atoms with van der Waals surface area (Å²) < 4.78 is 10.4. The SMILES string of the molecule is COc1ccccc1OCCNC(=O)C(=O)O. The number of carboxylic acid groups (broad SMARTS) is 1. The molecule has 6 nitrogen and oxygen atoms in total. The summed E-state index contributed by atoms with van der Waals surface area (Å²) in [5.74, 6) is -1.44. The maximum Gasteiger partial charge on any atom is 0.394 e. The van der Waals surface area contributed by atoms with E-state index in [1.165, 1.54) is 7.11 Å². The number of carboxylic acids is 1. The lowest BCUT2D eigenvalue weighted by Gasteiger charge is -2.10. The minimum Gasteiger partial charge on any atom is -0.493 e. The molecule has 0 fully saturated rings. The van der Waals surface area contributed by atoms with Crippen LogP contribution in [-0.4, -0.2) is 37.2 Å². The van der Waals surface area contributed by atoms with Gasteiger partial charge >= 0.3 is 11.9 Å². The number of rotatable bonds is 5. The van der Waals surface area contributed by atoms with Crippen molar-refractivity contribution in [2.75, 3.05) is 20.3 Å². The van der Waals surface area contributed by atoms with Gasteiger partial charge in [-0.1, -0.05) is 12.1 Å². The summed E-state index contributed by atoms with van der Waals surface area (Å²) in [5.41, 5.74) is 0. The van der Waals surface area contributed by atoms with Crippen molar-refractivity contribution in [1.82, 2.24) is 5.32 Å². The Morgan fingerprint density at radius 3 is 2.53 bits per heavy atom. The van der Waals surface area contributed by atoms with Crippen molar-refractivity contribution in [2.45, 2.75) is 0 Å². The number of ether oxygens (including phenoxy) is 2. The van der Waals surface area contributed by atoms with Crippen molar-refractivity contribution >= 4 is 11.9 Å². The molecule has 0 spiro atoms. The minimum atomic E-state index is -1.51. The number of benzene rings is 1. The van der Waals surface area contributed by atoms with Crippen LogP contribution in [0.5, 0.6) is 11.5 Å². The summed E-state index contributed by atoms with van der Waals surface area (Å²) in [6.07, 6.45) is 0. The van der Waals surface area contributed by atoms with Gasteiger partial charge < -0.3 is 19.9 Å². The lowest BCUT2D eigenvalue weighted by atomic mass is 10.3. The highest BCUT2D eigenvalue weighted by atomic mass is 16.5. The van der Waals surface area contributed by atoms with Gasteiger partial charge in [0.2, 0.25) is 0 Å². The van der Waals surface area contributed by atoms with Gasteiger partial charge in [0.15, 0.2) is 11.5 Å². The molecular formula is C11H13NO5. The van der Waals surface area contributed by atoms with Gasteiger partial charge in [0.1, 0.15) is 6.61 Å². The zero-order valence-corrected chi connectivity index (χ0v) is 9.30. The predicted molar refractivity (Wildman–Crippen MR) is 59.1 cm³/mol. The number of hydrogen-bond acceptors (Lipinski definition) is 4. The fourth-order valence-electron chi connectivity index (χ4n) is 1.14. The van der Waals surface area contributed by atoms with Gasteiger partial charge in [-0.05, 0) is 12.1 Å². The van der Waals surface area contributed by atoms with Crippen molar-refractivity contribution in [3.05, 3.63) is 24.3 Å². The number of amides is 1. The van der Waals surface area contributed by atoms with Crippen LogP contribution >= 0.6 is 0 Å². The summed E-state index contributed by atoms with van der Waals surface area (Å²) in [4.78, 5) is 20.9. The topological polar surface area (TPSA) is 84.9 Å². The number of para-hydroxylation sites is 2. The minimum absolute atomic E-state index is 0.114. The van der Waals surface area contributed by atoms with Crippen molar-refractivity contribution < 1.29 is 24.2 Å². The standard InChI is InChI=1S/C11H13NO5/c1-16-8-4-2-3-5-9(8)17-7-6-12-10(13)11(14)15/h2-5H,6-7H2,1H3,(H,12,13)(H,14,15). The molecule has 0 heterocycles. The summed E-state index contributed by atoms with van der Waals surface area (Å²) >= 11 is 0. The van der Waals surface area contributed by atoms with Crippen molar-refractivity contribution in [3.63, 3.8) is 0 Å². The van der Waals surface area contributed by atoms with E-state index in [0.717, 1.165) is 0 Å². The monoisotopic (exact) mass is 239 g/mol. The third-order valence-corrected chi connectivity index (χ3v) is 1.91. The molecule has 0 saturated heterocycles. The van der Waals surface area contributed by atoms with Crippen molar-refractivity contribution in [3.8, 4) is 11.5 Å². The van der Waals surface area contributed by atoms with Gasteiger partial charge in [0.05, 0.1) is 13.7 Å². The van der Waals surface area contributed by atoms with Crippen LogP contribution in [0.15, 0.2) is 24.3 Å². The fourth-order valence-corrected chi connectivity index (χ4v) is 1.14. The van der Waals surface area contributed by atoms with E-state index in [4.69, 9.17) is 14.6 Å². The molecule has 0 bridgehead atoms. The Balaban J connectivity index is 2.36. The fraction of sp³-hybridized carbons (Fsp3) is 0.273. The molecule has 17 heavy (non-hydrogen) atoms. The van der Waals surface area contributed by atoms with E-state index in [1.807, 2.05) is 0 Å². The number of carbonyl (C=O) groups excluding carboxylic acids is 1. The van der Waals surface area contributed by atoms with E-state index in [-0.39, 0.29) is 13.2 Å². The van der Waals surface area contributed by atoms with E-state index < -0.39 is 11.9 Å². The smallest absolute Gasteiger partial charge is 0.394 e. The largest absolute Gasteiger partial charge is 0.493 e. The van der Waals surface area contributed by atoms with Crippen LogP contribution in [0.4, 0.5) is 0 Å². The van der Waals surface area contributed by atoms with Crippen LogP contribution in [0.2, 0.25) is 0 Å². The molecule has 1 amide bonds. The zero-order valence-electron chi connectivity index (χ0n) is 9.30. The Bertz CT molecular complexity index is 405. The van der Waals surface area contributed by atoms with Crippen molar-refractivity contribution in [2.24, 2.45) is 0 Å². The van der Waals surface area contributed by atoms with E-state index in [0.29, 0.717) is 11.5 Å². The van der Waals surface area contributed by atoms with Crippen molar-refractivity contribution in [1.29, 1.82) is 0 Å². The van der Waals surface area contributed by atoms with Crippen LogP contribution in [-0.2, 0) is 9.59 Å². The lowest BCUT2D eigenvalue weighted by molar-refractivity contribution is -0.150. The van der Waals surface area contributed by atoms with Gasteiger partial charge in [-0.3, -0.25) is 4.79 Å². The molecule has 2 N–H and O–H groups in total. The maximum absolute atomic E-state index is 10.7. The Kier molecular flexibility index (Phi) is 4.80. The molecule has 6 heteroatoms. The Labute approximate surface area is 98.2 Å². The molecule has 0 aliphatic rings. The van der Waals surface area contributed by atoms with Gasteiger partial charge in [0.25, 0.3) is 0 Å². The first-order valence-corrected chi connectivity index (χ1v) is 4.92. The predicted octanol–water partition coefficient (Wildman–Crippen LogP) is 0.275. The van der Waals surface area contributed by atoms with Gasteiger partial charge in [-0.15, -0.1) is 0 Å². The molecular weight excluding hydrogens is 226 g/mol. The van der Waals surface area contributed by atoms with E-state index in [1.54, 1.807) is 24.3 Å². The first kappa shape index (κ1) is 12.8. The summed E-state index contributed by atoms with van der Waals surface area (Å²) in [6, 6.07) is 7.05. The Morgan fingerprint density at radius 1 is 1.29 bits per heavy atom. The summed E-state index contributed by atoms with van der Waals surface area (Å²) in [7, 11) is 1.52. The highest BCUT2D eigenvalue weighted by Gasteiger charge is 2.09. The molecule has 1 aromatic carbocycles. The van der Waals surface area contributed by atoms with Gasteiger partial charge in [-0.2, -0.15) is 0 Å². The average Bonchev–Trinajstić information content (AvgIpc) is 2.34. The second-order valence-corrected chi connectivity index (χ2v) is 3.06. The lowest BCUT2D eigenvalue weighted by Crippen LogP contribution is -2.33. The number of aliphatic carboxylic acids is 1. The number of carbonyl (C=O) groups is 2. The second-order valence-electron chi connectivity index (χ2n) is 3.06. The molecule has 0 radical (unpaired) electrons. The van der Waals surface area contributed by atoms with Crippen LogP contribution < -0.4 is 14.8 Å². The number of nitrogens with one attached hydrogen (secondary N) is 1. The number of methoxy groups -OCH3 is 1. The number of hydrogen-bond donors (Lipinski definition) is 2. The molecule has 1 rings (SSSR count). The van der Waals surface area contributed by atoms with Gasteiger partial charge in [-0.25, -0.2) is 4.79 Å². The molecule has 92 valence electrons. The average molecular weight is 239 g/mol. The van der Waals surface area contributed by atoms with Crippen LogP contribution in [0, 0.1) is 0 Å². The maximum atomic E-state index is 10.7. The van der Waals surface area contributed by atoms with Crippen LogP contribution in [0.1, 0.15) is 0 Å². The highest BCUT2D eigenvalue weighted by molar-refractivity contribution is 6.31. The first-order valence-electron chi connectivity index (χ1n) is 4.92. The van der Waals surface area contributed by atoms with Crippen LogP contribution in [0.25, 0.3) is 0 Å². The second kappa shape index (κ2) is 6.37. The molecule has 0 aliphatic heterocycles. The summed E-state index contributed by atoms with van der Waals surface area (Å²) in [5, 5.41) is 10.5. The van der Waals surface area contributed by atoms with Crippen LogP contribution in [0.3, 0.4) is 0 Å². The molecule has 0 aromatic heterocycles. The molecule has 0 aliphatic carbocycles. The van der Waals surface area contributed by atoms with E-state index in [2.05, 4.69) is 5.32 Å². The quantitative estimate of drug-likeness (QED) is 0.569. The Morgan fingerprint density at radius 2 is 1.94 bits per heavy atom. The van der Waals surface area contributed by atoms with E-state index >= 15 is 0 Å². The van der Waals surface area contributed by atoms with Gasteiger partial charge in [0, 0.05) is 0 Å². The van der Waals surface area contributed by atoms with E-state index in [9.17, 15) is 9.59 Å². The molecule has 0 saturated carbocycles. The zero-order chi connectivity index (χ0) is 12.7. The third-order valence-electron chi connectivity index (χ3n) is 1.91. The molecule has 0 unspecified atom stereocenters.